The minimum Gasteiger partial charge on any atom is -0.383 e. The van der Waals surface area contributed by atoms with E-state index in [0.29, 0.717) is 12.3 Å². The van der Waals surface area contributed by atoms with Gasteiger partial charge in [0.1, 0.15) is 5.84 Å². The van der Waals surface area contributed by atoms with Crippen LogP contribution in [0.2, 0.25) is 0 Å². The van der Waals surface area contributed by atoms with E-state index >= 15 is 0 Å². The van der Waals surface area contributed by atoms with E-state index in [9.17, 15) is 0 Å². The first kappa shape index (κ1) is 29.5. The zero-order chi connectivity index (χ0) is 33.4. The maximum Gasteiger partial charge on any atom is 0.131 e. The van der Waals surface area contributed by atoms with E-state index in [1.807, 2.05) is 36.4 Å². The summed E-state index contributed by atoms with van der Waals surface area (Å²) >= 11 is 0. The number of hydrogen-bond acceptors (Lipinski definition) is 1. The number of amidine groups is 1. The molecular weight excluding hydrogens is 609 g/mol. The number of hydrogen-bond donors (Lipinski definition) is 1. The Balaban J connectivity index is 1.35. The molecule has 0 aliphatic carbocycles. The van der Waals surface area contributed by atoms with Gasteiger partial charge in [-0.25, -0.2) is 4.99 Å². The smallest absolute Gasteiger partial charge is 0.131 e. The molecule has 0 saturated carbocycles. The first-order valence-corrected chi connectivity index (χ1v) is 17.0. The highest BCUT2D eigenvalue weighted by atomic mass is 15.0. The Morgan fingerprint density at radius 3 is 1.32 bits per heavy atom. The second-order valence-electron chi connectivity index (χ2n) is 12.6. The standard InChI is InChI=1S/C46H34N4/c47-46(33-17-5-2-6-18-33)48-41(28-27-32-15-3-1-4-16-32)34-29-35(49-42-23-11-7-19-37(42)38-20-8-12-24-43(38)49)31-36(30-34)50-44-25-13-9-21-39(44)40-22-10-14-26-45(40)50/h1-26,28-31H,27H2,(H2,47,48)/b41-28-. The summed E-state index contributed by atoms with van der Waals surface area (Å²) in [6.07, 6.45) is 2.91. The number of nitrogens with two attached hydrogens (primary N) is 1. The molecule has 0 aliphatic rings. The monoisotopic (exact) mass is 642 g/mol. The van der Waals surface area contributed by atoms with Crippen LogP contribution in [0.25, 0.3) is 60.7 Å². The maximum atomic E-state index is 6.76. The number of rotatable bonds is 7. The van der Waals surface area contributed by atoms with Crippen LogP contribution in [0.4, 0.5) is 0 Å². The van der Waals surface area contributed by atoms with Gasteiger partial charge in [-0.2, -0.15) is 0 Å². The third kappa shape index (κ3) is 5.15. The number of aliphatic imine (C=N–C) groups is 1. The molecule has 50 heavy (non-hydrogen) atoms. The summed E-state index contributed by atoms with van der Waals surface area (Å²) in [6, 6.07) is 61.9. The minimum absolute atomic E-state index is 0.477. The lowest BCUT2D eigenvalue weighted by molar-refractivity contribution is 1.13. The van der Waals surface area contributed by atoms with Crippen LogP contribution in [0.5, 0.6) is 0 Å². The van der Waals surface area contributed by atoms with Crippen molar-refractivity contribution in [2.24, 2.45) is 10.7 Å². The van der Waals surface area contributed by atoms with Gasteiger partial charge in [0.2, 0.25) is 0 Å². The van der Waals surface area contributed by atoms with E-state index in [-0.39, 0.29) is 0 Å². The van der Waals surface area contributed by atoms with Crippen molar-refractivity contribution in [3.05, 3.63) is 199 Å². The molecule has 0 amide bonds. The quantitative estimate of drug-likeness (QED) is 0.136. The van der Waals surface area contributed by atoms with Gasteiger partial charge in [-0.05, 0) is 54.4 Å². The third-order valence-corrected chi connectivity index (χ3v) is 9.56. The van der Waals surface area contributed by atoms with Gasteiger partial charge in [0.05, 0.1) is 27.8 Å². The summed E-state index contributed by atoms with van der Waals surface area (Å²) in [5.74, 6) is 0.477. The van der Waals surface area contributed by atoms with Crippen LogP contribution in [0.15, 0.2) is 187 Å². The molecule has 2 aromatic heterocycles. The molecule has 4 heteroatoms. The SMILES string of the molecule is NC(=N/C(=C\Cc1ccccc1)c1cc(-n2c3ccccc3c3ccccc32)cc(-n2c3ccccc3c3ccccc32)c1)c1ccccc1. The van der Waals surface area contributed by atoms with E-state index in [2.05, 4.69) is 155 Å². The van der Waals surface area contributed by atoms with Crippen molar-refractivity contribution in [2.75, 3.05) is 0 Å². The molecule has 0 aliphatic heterocycles. The van der Waals surface area contributed by atoms with Gasteiger partial charge in [-0.15, -0.1) is 0 Å². The third-order valence-electron chi connectivity index (χ3n) is 9.56. The average Bonchev–Trinajstić information content (AvgIpc) is 3.70. The fourth-order valence-electron chi connectivity index (χ4n) is 7.26. The highest BCUT2D eigenvalue weighted by Crippen LogP contribution is 2.37. The fourth-order valence-corrected chi connectivity index (χ4v) is 7.26. The lowest BCUT2D eigenvalue weighted by atomic mass is 10.1. The van der Waals surface area contributed by atoms with Gasteiger partial charge in [-0.3, -0.25) is 0 Å². The van der Waals surface area contributed by atoms with Crippen LogP contribution in [0.1, 0.15) is 16.7 Å². The molecule has 0 saturated heterocycles. The van der Waals surface area contributed by atoms with Crippen molar-refractivity contribution in [3.8, 4) is 11.4 Å². The molecule has 0 atom stereocenters. The Labute approximate surface area is 290 Å². The van der Waals surface area contributed by atoms with E-state index in [1.54, 1.807) is 0 Å². The van der Waals surface area contributed by atoms with Crippen molar-refractivity contribution in [1.29, 1.82) is 0 Å². The Kier molecular flexibility index (Phi) is 7.33. The highest BCUT2D eigenvalue weighted by molar-refractivity contribution is 6.10. The minimum atomic E-state index is 0.477. The van der Waals surface area contributed by atoms with Crippen molar-refractivity contribution < 1.29 is 0 Å². The normalized spacial score (nSPS) is 12.4. The summed E-state index contributed by atoms with van der Waals surface area (Å²) in [7, 11) is 0. The molecule has 0 fully saturated rings. The Bertz CT molecular complexity index is 2490. The van der Waals surface area contributed by atoms with Gasteiger partial charge < -0.3 is 14.9 Å². The zero-order valence-electron chi connectivity index (χ0n) is 27.4. The fraction of sp³-hybridized carbons (Fsp3) is 0.0217. The predicted octanol–water partition coefficient (Wildman–Crippen LogP) is 10.9. The van der Waals surface area contributed by atoms with Crippen LogP contribution >= 0.6 is 0 Å². The van der Waals surface area contributed by atoms with E-state index in [1.165, 1.54) is 27.1 Å². The first-order chi connectivity index (χ1) is 24.7. The molecule has 2 N–H and O–H groups in total. The lowest BCUT2D eigenvalue weighted by Gasteiger charge is -2.16. The van der Waals surface area contributed by atoms with E-state index < -0.39 is 0 Å². The van der Waals surface area contributed by atoms with Crippen molar-refractivity contribution >= 4 is 55.1 Å². The Morgan fingerprint density at radius 2 is 0.860 bits per heavy atom. The summed E-state index contributed by atoms with van der Waals surface area (Å²) in [5.41, 5.74) is 17.4. The highest BCUT2D eigenvalue weighted by Gasteiger charge is 2.18. The number of fused-ring (bicyclic) bond motifs is 6. The van der Waals surface area contributed by atoms with Gasteiger partial charge in [-0.1, -0.05) is 140 Å². The van der Waals surface area contributed by atoms with E-state index in [0.717, 1.165) is 50.3 Å². The topological polar surface area (TPSA) is 48.2 Å². The van der Waals surface area contributed by atoms with Crippen LogP contribution in [0, 0.1) is 0 Å². The van der Waals surface area contributed by atoms with Crippen molar-refractivity contribution in [1.82, 2.24) is 9.13 Å². The summed E-state index contributed by atoms with van der Waals surface area (Å²) in [4.78, 5) is 5.16. The summed E-state index contributed by atoms with van der Waals surface area (Å²) in [5, 5.41) is 4.88. The number of aromatic nitrogens is 2. The van der Waals surface area contributed by atoms with Crippen LogP contribution in [-0.4, -0.2) is 15.0 Å². The molecule has 238 valence electrons. The molecule has 0 radical (unpaired) electrons. The zero-order valence-corrected chi connectivity index (χ0v) is 27.4. The molecule has 9 aromatic rings. The summed E-state index contributed by atoms with van der Waals surface area (Å²) < 4.78 is 4.76. The number of allylic oxidation sites excluding steroid dienone is 1. The van der Waals surface area contributed by atoms with Gasteiger partial charge >= 0.3 is 0 Å². The molecule has 0 spiro atoms. The van der Waals surface area contributed by atoms with Crippen molar-refractivity contribution in [3.63, 3.8) is 0 Å². The van der Waals surface area contributed by atoms with Gasteiger partial charge in [0.15, 0.2) is 0 Å². The second kappa shape index (κ2) is 12.4. The molecule has 2 heterocycles. The van der Waals surface area contributed by atoms with Gasteiger partial charge in [0.25, 0.3) is 0 Å². The number of para-hydroxylation sites is 4. The van der Waals surface area contributed by atoms with Crippen LogP contribution in [0.3, 0.4) is 0 Å². The second-order valence-corrected chi connectivity index (χ2v) is 12.6. The maximum absolute atomic E-state index is 6.76. The van der Waals surface area contributed by atoms with Crippen LogP contribution in [-0.2, 0) is 6.42 Å². The number of nitrogens with zero attached hydrogens (tertiary/aromatic N) is 3. The molecule has 0 bridgehead atoms. The molecular formula is C46H34N4. The predicted molar refractivity (Wildman–Crippen MR) is 210 cm³/mol. The Hall–Kier alpha value is -6.65. The van der Waals surface area contributed by atoms with Crippen molar-refractivity contribution in [2.45, 2.75) is 6.42 Å². The molecule has 0 unspecified atom stereocenters. The molecule has 9 rings (SSSR count). The molecule has 4 nitrogen and oxygen atoms in total. The lowest BCUT2D eigenvalue weighted by Crippen LogP contribution is -2.13. The summed E-state index contributed by atoms with van der Waals surface area (Å²) in [6.45, 7) is 0. The first-order valence-electron chi connectivity index (χ1n) is 17.0. The molecule has 7 aromatic carbocycles. The van der Waals surface area contributed by atoms with Crippen LogP contribution < -0.4 is 5.73 Å². The Morgan fingerprint density at radius 1 is 0.460 bits per heavy atom. The number of benzene rings is 7. The van der Waals surface area contributed by atoms with Gasteiger partial charge in [0, 0.05) is 44.0 Å². The van der Waals surface area contributed by atoms with E-state index in [4.69, 9.17) is 10.7 Å². The largest absolute Gasteiger partial charge is 0.383 e. The average molecular weight is 643 g/mol.